The maximum Gasteiger partial charge on any atom is 0.251 e. The number of hydrogen-bond donors (Lipinski definition) is 1. The predicted octanol–water partition coefficient (Wildman–Crippen LogP) is 4.36. The molecule has 2 heterocycles. The van der Waals surface area contributed by atoms with Crippen molar-refractivity contribution in [3.05, 3.63) is 53.6 Å². The van der Waals surface area contributed by atoms with E-state index in [0.29, 0.717) is 32.6 Å². The van der Waals surface area contributed by atoms with Gasteiger partial charge in [-0.3, -0.25) is 4.79 Å². The van der Waals surface area contributed by atoms with Gasteiger partial charge in [0.05, 0.1) is 5.52 Å². The molecule has 0 saturated carbocycles. The second-order valence-electron chi connectivity index (χ2n) is 8.68. The number of anilines is 1. The first-order chi connectivity index (χ1) is 15.5. The molecule has 32 heavy (non-hydrogen) atoms. The molecule has 1 atom stereocenters. The molecule has 170 valence electrons. The van der Waals surface area contributed by atoms with Gasteiger partial charge in [-0.25, -0.2) is 9.97 Å². The molecule has 3 aromatic rings. The summed E-state index contributed by atoms with van der Waals surface area (Å²) in [6, 6.07) is 14.5. The van der Waals surface area contributed by atoms with Gasteiger partial charge in [0.15, 0.2) is 5.82 Å². The van der Waals surface area contributed by atoms with Crippen molar-refractivity contribution in [2.75, 3.05) is 31.1 Å². The molecule has 1 fully saturated rings. The molecule has 1 aliphatic rings. The zero-order valence-electron chi connectivity index (χ0n) is 19.2. The number of hydrogen-bond acceptors (Lipinski definition) is 5. The van der Waals surface area contributed by atoms with Crippen LogP contribution in [0.5, 0.6) is 0 Å². The number of fused-ring (bicyclic) bond motifs is 1. The number of nitrogens with zero attached hydrogens (tertiary/aromatic N) is 4. The van der Waals surface area contributed by atoms with E-state index in [4.69, 9.17) is 9.97 Å². The number of unbranched alkanes of at least 4 members (excludes halogenated alkanes) is 1. The highest BCUT2D eigenvalue weighted by Gasteiger charge is 2.27. The number of piperazine rings is 1. The highest BCUT2D eigenvalue weighted by Crippen LogP contribution is 2.30. The Balaban J connectivity index is 0.00000306. The average Bonchev–Trinajstić information content (AvgIpc) is 2.81. The van der Waals surface area contributed by atoms with Crippen molar-refractivity contribution in [1.29, 1.82) is 0 Å². The van der Waals surface area contributed by atoms with Crippen LogP contribution in [0.3, 0.4) is 0 Å². The van der Waals surface area contributed by atoms with Crippen molar-refractivity contribution in [3.63, 3.8) is 0 Å². The molecule has 0 aliphatic carbocycles. The minimum Gasteiger partial charge on any atom is -0.383 e. The van der Waals surface area contributed by atoms with E-state index in [9.17, 15) is 9.90 Å². The minimum atomic E-state index is -0.892. The quantitative estimate of drug-likeness (QED) is 0.624. The highest BCUT2D eigenvalue weighted by atomic mass is 16.3. The molecule has 1 amide bonds. The lowest BCUT2D eigenvalue weighted by Crippen LogP contribution is -2.51. The smallest absolute Gasteiger partial charge is 0.251 e. The lowest BCUT2D eigenvalue weighted by Gasteiger charge is -2.36. The van der Waals surface area contributed by atoms with E-state index in [1.54, 1.807) is 4.90 Å². The molecule has 6 heteroatoms. The summed E-state index contributed by atoms with van der Waals surface area (Å²) in [5.41, 5.74) is 4.27. The van der Waals surface area contributed by atoms with E-state index in [-0.39, 0.29) is 7.33 Å². The van der Waals surface area contributed by atoms with Gasteiger partial charge in [-0.1, -0.05) is 50.1 Å². The van der Waals surface area contributed by atoms with E-state index >= 15 is 0 Å². The van der Waals surface area contributed by atoms with Crippen LogP contribution >= 0.6 is 0 Å². The van der Waals surface area contributed by atoms with Gasteiger partial charge in [0.1, 0.15) is 11.9 Å². The maximum atomic E-state index is 12.6. The van der Waals surface area contributed by atoms with Crippen LogP contribution in [-0.2, 0) is 4.79 Å². The van der Waals surface area contributed by atoms with Crippen LogP contribution in [0.15, 0.2) is 42.5 Å². The van der Waals surface area contributed by atoms with Crippen LogP contribution in [0.4, 0.5) is 5.82 Å². The summed E-state index contributed by atoms with van der Waals surface area (Å²) in [4.78, 5) is 26.5. The molecular formula is C26H34N4O2. The lowest BCUT2D eigenvalue weighted by molar-refractivity contribution is -0.140. The van der Waals surface area contributed by atoms with Crippen LogP contribution in [0.2, 0.25) is 0 Å². The van der Waals surface area contributed by atoms with Gasteiger partial charge in [0.25, 0.3) is 5.91 Å². The molecule has 4 rings (SSSR count). The van der Waals surface area contributed by atoms with Crippen LogP contribution in [0, 0.1) is 13.8 Å². The summed E-state index contributed by atoms with van der Waals surface area (Å²) in [7, 11) is 0. The minimum absolute atomic E-state index is 0. The third kappa shape index (κ3) is 4.60. The molecule has 1 aromatic heterocycles. The normalized spacial score (nSPS) is 15.2. The van der Waals surface area contributed by atoms with Crippen LogP contribution in [0.25, 0.3) is 22.3 Å². The summed E-state index contributed by atoms with van der Waals surface area (Å²) in [5, 5.41) is 11.2. The molecule has 0 spiro atoms. The largest absolute Gasteiger partial charge is 0.383 e. The molecule has 1 aliphatic heterocycles. The van der Waals surface area contributed by atoms with Crippen LogP contribution in [-0.4, -0.2) is 58.2 Å². The number of aliphatic hydroxyl groups is 1. The first-order valence-electron chi connectivity index (χ1n) is 11.5. The number of aliphatic hydroxyl groups excluding tert-OH is 1. The maximum absolute atomic E-state index is 12.6. The Hall–Kier alpha value is -2.99. The molecular weight excluding hydrogens is 400 g/mol. The second kappa shape index (κ2) is 9.65. The Morgan fingerprint density at radius 2 is 1.84 bits per heavy atom. The number of carbonyl (C=O) groups is 1. The van der Waals surface area contributed by atoms with Crippen molar-refractivity contribution < 1.29 is 11.3 Å². The summed E-state index contributed by atoms with van der Waals surface area (Å²) < 4.78 is 0. The molecule has 2 aromatic carbocycles. The van der Waals surface area contributed by atoms with Crippen molar-refractivity contribution in [3.8, 4) is 11.4 Å². The Labute approximate surface area is 191 Å². The number of benzene rings is 2. The predicted molar refractivity (Wildman–Crippen MR) is 131 cm³/mol. The van der Waals surface area contributed by atoms with E-state index in [1.807, 2.05) is 12.1 Å². The van der Waals surface area contributed by atoms with E-state index < -0.39 is 6.10 Å². The lowest BCUT2D eigenvalue weighted by atomic mass is 10.1. The second-order valence-corrected chi connectivity index (χ2v) is 8.68. The summed E-state index contributed by atoms with van der Waals surface area (Å²) in [6.07, 6.45) is 1.48. The Morgan fingerprint density at radius 3 is 2.56 bits per heavy atom. The molecule has 1 unspecified atom stereocenters. The fourth-order valence-electron chi connectivity index (χ4n) is 4.28. The number of rotatable bonds is 6. The van der Waals surface area contributed by atoms with Gasteiger partial charge < -0.3 is 14.9 Å². The molecule has 6 nitrogen and oxygen atoms in total. The van der Waals surface area contributed by atoms with Crippen molar-refractivity contribution in [2.45, 2.75) is 46.1 Å². The van der Waals surface area contributed by atoms with Gasteiger partial charge >= 0.3 is 0 Å². The van der Waals surface area contributed by atoms with Gasteiger partial charge in [-0.15, -0.1) is 0 Å². The van der Waals surface area contributed by atoms with E-state index in [2.05, 4.69) is 56.0 Å². The first kappa shape index (κ1) is 22.2. The topological polar surface area (TPSA) is 69.6 Å². The summed E-state index contributed by atoms with van der Waals surface area (Å²) in [6.45, 7) is 8.74. The molecule has 0 radical (unpaired) electrons. The standard InChI is InChI=1S/C26H32N4O2.H2/c1-4-5-10-23(31)26(32)30-15-13-29(14-16-30)25-21-12-11-18(2)17-22(21)27-24(28-25)20-9-7-6-8-19(20)3;/h6-9,11-12,17,23,31H,4-5,10,13-16H2,1-3H3;1H. The fourth-order valence-corrected chi connectivity index (χ4v) is 4.28. The van der Waals surface area contributed by atoms with Crippen molar-refractivity contribution in [2.24, 2.45) is 0 Å². The summed E-state index contributed by atoms with van der Waals surface area (Å²) in [5.74, 6) is 1.48. The van der Waals surface area contributed by atoms with E-state index in [0.717, 1.165) is 52.1 Å². The van der Waals surface area contributed by atoms with E-state index in [1.165, 1.54) is 0 Å². The van der Waals surface area contributed by atoms with Crippen LogP contribution < -0.4 is 4.90 Å². The zero-order valence-corrected chi connectivity index (χ0v) is 19.2. The first-order valence-corrected chi connectivity index (χ1v) is 11.5. The van der Waals surface area contributed by atoms with Crippen LogP contribution in [0.1, 0.15) is 38.7 Å². The number of carbonyl (C=O) groups excluding carboxylic acids is 1. The number of amides is 1. The number of aryl methyl sites for hydroxylation is 2. The highest BCUT2D eigenvalue weighted by molar-refractivity contribution is 5.92. The molecule has 0 bridgehead atoms. The van der Waals surface area contributed by atoms with Gasteiger partial charge in [0, 0.05) is 38.6 Å². The Kier molecular flexibility index (Phi) is 6.70. The average molecular weight is 435 g/mol. The van der Waals surface area contributed by atoms with Crippen molar-refractivity contribution >= 4 is 22.6 Å². The zero-order chi connectivity index (χ0) is 22.7. The third-order valence-electron chi connectivity index (χ3n) is 6.23. The Morgan fingerprint density at radius 1 is 1.09 bits per heavy atom. The monoisotopic (exact) mass is 434 g/mol. The fraction of sp³-hybridized carbons (Fsp3) is 0.423. The van der Waals surface area contributed by atoms with Gasteiger partial charge in [-0.05, 0) is 43.5 Å². The van der Waals surface area contributed by atoms with Crippen molar-refractivity contribution in [1.82, 2.24) is 14.9 Å². The third-order valence-corrected chi connectivity index (χ3v) is 6.23. The number of aromatic nitrogens is 2. The SMILES string of the molecule is CCCCC(O)C(=O)N1CCN(c2nc(-c3ccccc3C)nc3cc(C)ccc23)CC1.[HH]. The summed E-state index contributed by atoms with van der Waals surface area (Å²) >= 11 is 0. The molecule has 1 N–H and O–H groups in total. The Bertz CT molecular complexity index is 1110. The molecule has 1 saturated heterocycles. The van der Waals surface area contributed by atoms with Gasteiger partial charge in [0.2, 0.25) is 0 Å². The van der Waals surface area contributed by atoms with Gasteiger partial charge in [-0.2, -0.15) is 0 Å².